The topological polar surface area (TPSA) is 105 Å². The number of hydrogen-bond donors (Lipinski definition) is 1. The van der Waals surface area contributed by atoms with E-state index in [-0.39, 0.29) is 24.2 Å². The predicted octanol–water partition coefficient (Wildman–Crippen LogP) is 2.10. The molecule has 2 aromatic rings. The van der Waals surface area contributed by atoms with Crippen LogP contribution >= 0.6 is 0 Å². The molecule has 1 aromatic carbocycles. The van der Waals surface area contributed by atoms with Crippen molar-refractivity contribution >= 4 is 17.8 Å². The molecule has 3 heterocycles. The van der Waals surface area contributed by atoms with Crippen LogP contribution in [0.15, 0.2) is 30.3 Å². The van der Waals surface area contributed by atoms with E-state index in [4.69, 9.17) is 9.47 Å². The Bertz CT molecular complexity index is 1010. The lowest BCUT2D eigenvalue weighted by Crippen LogP contribution is -2.58. The van der Waals surface area contributed by atoms with E-state index in [1.54, 1.807) is 23.0 Å². The van der Waals surface area contributed by atoms with Gasteiger partial charge in [0.1, 0.15) is 11.4 Å². The van der Waals surface area contributed by atoms with Gasteiger partial charge in [-0.15, -0.1) is 0 Å². The zero-order valence-corrected chi connectivity index (χ0v) is 18.6. The maximum absolute atomic E-state index is 13.1. The van der Waals surface area contributed by atoms with Crippen LogP contribution in [0.2, 0.25) is 0 Å². The number of nitrogens with one attached hydrogen (secondary N) is 1. The molecule has 0 aliphatic carbocycles. The third-order valence-electron chi connectivity index (χ3n) is 6.78. The number of piperidine rings is 1. The SMILES string of the molecule is CCN1C(=O)CC(C(=O)OC)C12CCN(C(=O)c1cc(-c3ccc(OC)cc3)n[nH]1)CC2. The number of benzene rings is 1. The number of likely N-dealkylation sites (tertiary alicyclic amines) is 2. The van der Waals surface area contributed by atoms with Crippen molar-refractivity contribution in [1.29, 1.82) is 0 Å². The molecule has 4 rings (SSSR count). The van der Waals surface area contributed by atoms with Crippen LogP contribution in [-0.2, 0) is 14.3 Å². The molecule has 2 aliphatic rings. The fourth-order valence-electron chi connectivity index (χ4n) is 5.07. The van der Waals surface area contributed by atoms with E-state index in [0.29, 0.717) is 43.9 Å². The minimum absolute atomic E-state index is 0.0274. The Morgan fingerprint density at radius 1 is 1.19 bits per heavy atom. The van der Waals surface area contributed by atoms with Crippen LogP contribution in [0.1, 0.15) is 36.7 Å². The normalized spacial score (nSPS) is 20.0. The number of H-pyrrole nitrogens is 1. The average Bonchev–Trinajstić information content (AvgIpc) is 3.42. The van der Waals surface area contributed by atoms with E-state index >= 15 is 0 Å². The van der Waals surface area contributed by atoms with Crippen LogP contribution in [-0.4, -0.2) is 77.2 Å². The van der Waals surface area contributed by atoms with E-state index in [2.05, 4.69) is 10.2 Å². The van der Waals surface area contributed by atoms with Crippen molar-refractivity contribution < 1.29 is 23.9 Å². The van der Waals surface area contributed by atoms with Crippen molar-refractivity contribution in [2.75, 3.05) is 33.9 Å². The number of carbonyl (C=O) groups excluding carboxylic acids is 3. The first-order valence-electron chi connectivity index (χ1n) is 10.8. The molecule has 1 spiro atoms. The molecule has 32 heavy (non-hydrogen) atoms. The first-order valence-corrected chi connectivity index (χ1v) is 10.8. The van der Waals surface area contributed by atoms with E-state index in [0.717, 1.165) is 11.3 Å². The summed E-state index contributed by atoms with van der Waals surface area (Å²) in [6, 6.07) is 9.20. The number of nitrogens with zero attached hydrogens (tertiary/aromatic N) is 3. The van der Waals surface area contributed by atoms with Crippen molar-refractivity contribution in [1.82, 2.24) is 20.0 Å². The highest BCUT2D eigenvalue weighted by atomic mass is 16.5. The first-order chi connectivity index (χ1) is 15.4. The van der Waals surface area contributed by atoms with Gasteiger partial charge in [-0.1, -0.05) is 0 Å². The van der Waals surface area contributed by atoms with Gasteiger partial charge in [0.05, 0.1) is 31.4 Å². The van der Waals surface area contributed by atoms with E-state index in [1.165, 1.54) is 7.11 Å². The van der Waals surface area contributed by atoms with Crippen LogP contribution in [0.4, 0.5) is 0 Å². The molecule has 2 amide bonds. The van der Waals surface area contributed by atoms with Gasteiger partial charge in [0.2, 0.25) is 5.91 Å². The summed E-state index contributed by atoms with van der Waals surface area (Å²) in [6.07, 6.45) is 1.25. The summed E-state index contributed by atoms with van der Waals surface area (Å²) in [4.78, 5) is 41.6. The summed E-state index contributed by atoms with van der Waals surface area (Å²) in [5.41, 5.74) is 1.38. The second-order valence-electron chi connectivity index (χ2n) is 8.21. The van der Waals surface area contributed by atoms with Crippen molar-refractivity contribution in [3.05, 3.63) is 36.0 Å². The zero-order valence-electron chi connectivity index (χ0n) is 18.6. The van der Waals surface area contributed by atoms with Gasteiger partial charge >= 0.3 is 5.97 Å². The second-order valence-corrected chi connectivity index (χ2v) is 8.21. The summed E-state index contributed by atoms with van der Waals surface area (Å²) >= 11 is 0. The number of esters is 1. The summed E-state index contributed by atoms with van der Waals surface area (Å²) < 4.78 is 10.2. The Hall–Kier alpha value is -3.36. The largest absolute Gasteiger partial charge is 0.497 e. The molecule has 9 nitrogen and oxygen atoms in total. The van der Waals surface area contributed by atoms with Crippen LogP contribution in [0.25, 0.3) is 11.3 Å². The number of amides is 2. The van der Waals surface area contributed by atoms with Gasteiger partial charge in [-0.2, -0.15) is 5.10 Å². The lowest BCUT2D eigenvalue weighted by molar-refractivity contribution is -0.150. The molecule has 170 valence electrons. The van der Waals surface area contributed by atoms with Crippen LogP contribution in [0, 0.1) is 5.92 Å². The van der Waals surface area contributed by atoms with Crippen LogP contribution in [0.3, 0.4) is 0 Å². The summed E-state index contributed by atoms with van der Waals surface area (Å²) in [6.45, 7) is 3.36. The lowest BCUT2D eigenvalue weighted by Gasteiger charge is -2.46. The quantitative estimate of drug-likeness (QED) is 0.714. The third kappa shape index (κ3) is 3.61. The Morgan fingerprint density at radius 2 is 1.88 bits per heavy atom. The maximum atomic E-state index is 13.1. The van der Waals surface area contributed by atoms with E-state index < -0.39 is 11.5 Å². The van der Waals surface area contributed by atoms with E-state index in [1.807, 2.05) is 31.2 Å². The van der Waals surface area contributed by atoms with Crippen molar-refractivity contribution in [2.24, 2.45) is 5.92 Å². The van der Waals surface area contributed by atoms with Gasteiger partial charge in [-0.3, -0.25) is 19.5 Å². The van der Waals surface area contributed by atoms with Gasteiger partial charge in [0.25, 0.3) is 5.91 Å². The highest BCUT2D eigenvalue weighted by Crippen LogP contribution is 2.44. The number of ether oxygens (including phenoxy) is 2. The molecule has 2 saturated heterocycles. The Kier molecular flexibility index (Phi) is 5.90. The number of rotatable bonds is 5. The van der Waals surface area contributed by atoms with Crippen molar-refractivity contribution in [3.8, 4) is 17.0 Å². The molecule has 0 radical (unpaired) electrons. The highest BCUT2D eigenvalue weighted by Gasteiger charge is 2.56. The molecule has 2 aliphatic heterocycles. The molecular formula is C23H28N4O5. The standard InChI is InChI=1S/C23H28N4O5/c1-4-27-20(28)13-17(22(30)32-3)23(27)9-11-26(12-10-23)21(29)19-14-18(24-25-19)15-5-7-16(31-2)8-6-15/h5-8,14,17H,4,9-13H2,1-3H3,(H,24,25). The Morgan fingerprint density at radius 3 is 2.47 bits per heavy atom. The third-order valence-corrected chi connectivity index (χ3v) is 6.78. The Labute approximate surface area is 186 Å². The van der Waals surface area contributed by atoms with Crippen LogP contribution < -0.4 is 4.74 Å². The van der Waals surface area contributed by atoms with Gasteiger partial charge in [-0.25, -0.2) is 0 Å². The summed E-state index contributed by atoms with van der Waals surface area (Å²) in [7, 11) is 2.96. The van der Waals surface area contributed by atoms with Gasteiger partial charge in [-0.05, 0) is 50.1 Å². The molecular weight excluding hydrogens is 412 g/mol. The van der Waals surface area contributed by atoms with Crippen molar-refractivity contribution in [3.63, 3.8) is 0 Å². The highest BCUT2D eigenvalue weighted by molar-refractivity contribution is 5.94. The fourth-order valence-corrected chi connectivity index (χ4v) is 5.07. The smallest absolute Gasteiger partial charge is 0.311 e. The van der Waals surface area contributed by atoms with E-state index in [9.17, 15) is 14.4 Å². The molecule has 1 aromatic heterocycles. The fraction of sp³-hybridized carbons (Fsp3) is 0.478. The minimum Gasteiger partial charge on any atom is -0.497 e. The minimum atomic E-state index is -0.585. The molecule has 1 atom stereocenters. The lowest BCUT2D eigenvalue weighted by atomic mass is 9.76. The van der Waals surface area contributed by atoms with Crippen LogP contribution in [0.5, 0.6) is 5.75 Å². The molecule has 2 fully saturated rings. The van der Waals surface area contributed by atoms with Gasteiger partial charge in [0.15, 0.2) is 0 Å². The number of hydrogen-bond acceptors (Lipinski definition) is 6. The predicted molar refractivity (Wildman–Crippen MR) is 116 cm³/mol. The number of carbonyl (C=O) groups is 3. The van der Waals surface area contributed by atoms with Gasteiger partial charge in [0, 0.05) is 31.6 Å². The maximum Gasteiger partial charge on any atom is 0.311 e. The molecule has 0 bridgehead atoms. The summed E-state index contributed by atoms with van der Waals surface area (Å²) in [5, 5.41) is 7.13. The number of methoxy groups -OCH3 is 2. The monoisotopic (exact) mass is 440 g/mol. The summed E-state index contributed by atoms with van der Waals surface area (Å²) in [5.74, 6) is -0.271. The molecule has 9 heteroatoms. The first kappa shape index (κ1) is 21.9. The van der Waals surface area contributed by atoms with Crippen molar-refractivity contribution in [2.45, 2.75) is 31.7 Å². The Balaban J connectivity index is 1.48. The number of aromatic amines is 1. The molecule has 1 N–H and O–H groups in total. The zero-order chi connectivity index (χ0) is 22.9. The second kappa shape index (κ2) is 8.64. The molecule has 0 saturated carbocycles. The molecule has 1 unspecified atom stereocenters. The number of aromatic nitrogens is 2. The average molecular weight is 441 g/mol. The van der Waals surface area contributed by atoms with Gasteiger partial charge < -0.3 is 19.3 Å².